The zero-order valence-electron chi connectivity index (χ0n) is 12.1. The van der Waals surface area contributed by atoms with Crippen molar-refractivity contribution >= 4 is 5.78 Å². The first-order chi connectivity index (χ1) is 10.8. The SMILES string of the molecule is O=C1C2CNCC1C(c1ccccn1)NC2c1ccccn1. The lowest BCUT2D eigenvalue weighted by Gasteiger charge is -2.44. The smallest absolute Gasteiger partial charge is 0.145 e. The van der Waals surface area contributed by atoms with E-state index in [1.807, 2.05) is 36.4 Å². The van der Waals surface area contributed by atoms with Gasteiger partial charge in [-0.15, -0.1) is 0 Å². The molecule has 2 fully saturated rings. The molecule has 4 unspecified atom stereocenters. The molecule has 2 N–H and O–H groups in total. The van der Waals surface area contributed by atoms with Gasteiger partial charge in [0.05, 0.1) is 35.3 Å². The average molecular weight is 294 g/mol. The quantitative estimate of drug-likeness (QED) is 0.873. The Morgan fingerprint density at radius 3 is 1.86 bits per heavy atom. The molecule has 0 radical (unpaired) electrons. The van der Waals surface area contributed by atoms with Gasteiger partial charge >= 0.3 is 0 Å². The minimum absolute atomic E-state index is 0.0615. The van der Waals surface area contributed by atoms with Gasteiger partial charge in [-0.1, -0.05) is 12.1 Å². The summed E-state index contributed by atoms with van der Waals surface area (Å²) in [7, 11) is 0. The fraction of sp³-hybridized carbons (Fsp3) is 0.353. The minimum Gasteiger partial charge on any atom is -0.315 e. The zero-order valence-corrected chi connectivity index (χ0v) is 12.1. The van der Waals surface area contributed by atoms with E-state index in [9.17, 15) is 4.79 Å². The van der Waals surface area contributed by atoms with E-state index in [0.717, 1.165) is 11.4 Å². The number of hydrogen-bond acceptors (Lipinski definition) is 5. The molecule has 0 aliphatic carbocycles. The van der Waals surface area contributed by atoms with Gasteiger partial charge in [0.15, 0.2) is 0 Å². The van der Waals surface area contributed by atoms with Crippen LogP contribution in [0.3, 0.4) is 0 Å². The lowest BCUT2D eigenvalue weighted by molar-refractivity contribution is -0.134. The number of nitrogens with zero attached hydrogens (tertiary/aromatic N) is 2. The van der Waals surface area contributed by atoms with E-state index in [-0.39, 0.29) is 23.9 Å². The van der Waals surface area contributed by atoms with Gasteiger partial charge in [-0.3, -0.25) is 20.1 Å². The summed E-state index contributed by atoms with van der Waals surface area (Å²) >= 11 is 0. The van der Waals surface area contributed by atoms with Crippen molar-refractivity contribution in [2.75, 3.05) is 13.1 Å². The standard InChI is InChI=1S/C17H18N4O/c22-17-11-9-18-10-12(17)16(14-6-2-4-8-20-14)21-15(11)13-5-1-3-7-19-13/h1-8,11-12,15-16,18,21H,9-10H2. The third-order valence-electron chi connectivity index (χ3n) is 4.64. The van der Waals surface area contributed by atoms with Crippen molar-refractivity contribution in [3.05, 3.63) is 60.2 Å². The van der Waals surface area contributed by atoms with Crippen LogP contribution < -0.4 is 10.6 Å². The molecule has 112 valence electrons. The van der Waals surface area contributed by atoms with E-state index in [2.05, 4.69) is 20.6 Å². The molecule has 5 nitrogen and oxygen atoms in total. The number of Topliss-reactive ketones (excluding diaryl/α,β-unsaturated/α-hetero) is 1. The van der Waals surface area contributed by atoms with Crippen molar-refractivity contribution < 1.29 is 4.79 Å². The van der Waals surface area contributed by atoms with Crippen LogP contribution in [0.25, 0.3) is 0 Å². The molecular weight excluding hydrogens is 276 g/mol. The Balaban J connectivity index is 1.73. The highest BCUT2D eigenvalue weighted by molar-refractivity contribution is 5.87. The Hall–Kier alpha value is -2.11. The third-order valence-corrected chi connectivity index (χ3v) is 4.64. The molecule has 0 spiro atoms. The maximum Gasteiger partial charge on any atom is 0.145 e. The second-order valence-electron chi connectivity index (χ2n) is 5.90. The number of rotatable bonds is 2. The van der Waals surface area contributed by atoms with Gasteiger partial charge < -0.3 is 5.32 Å². The first kappa shape index (κ1) is 13.5. The number of carbonyl (C=O) groups is 1. The van der Waals surface area contributed by atoms with Gasteiger partial charge in [-0.25, -0.2) is 0 Å². The van der Waals surface area contributed by atoms with Crippen LogP contribution in [-0.4, -0.2) is 28.8 Å². The van der Waals surface area contributed by atoms with E-state index < -0.39 is 0 Å². The summed E-state index contributed by atoms with van der Waals surface area (Å²) in [6.07, 6.45) is 3.55. The Morgan fingerprint density at radius 1 is 0.864 bits per heavy atom. The summed E-state index contributed by atoms with van der Waals surface area (Å²) in [6, 6.07) is 11.6. The molecule has 2 aliphatic rings. The number of piperidine rings is 2. The molecule has 2 aromatic rings. The largest absolute Gasteiger partial charge is 0.315 e. The molecule has 4 heterocycles. The number of ketones is 1. The number of carbonyl (C=O) groups excluding carboxylic acids is 1. The number of fused-ring (bicyclic) bond motifs is 2. The monoisotopic (exact) mass is 294 g/mol. The molecule has 2 saturated heterocycles. The first-order valence-corrected chi connectivity index (χ1v) is 7.67. The third kappa shape index (κ3) is 2.23. The van der Waals surface area contributed by atoms with E-state index in [1.54, 1.807) is 12.4 Å². The van der Waals surface area contributed by atoms with Crippen molar-refractivity contribution in [2.24, 2.45) is 11.8 Å². The van der Waals surface area contributed by atoms with Crippen LogP contribution in [0.5, 0.6) is 0 Å². The Kier molecular flexibility index (Phi) is 3.44. The maximum absolute atomic E-state index is 12.8. The van der Waals surface area contributed by atoms with Gasteiger partial charge in [0, 0.05) is 25.5 Å². The molecule has 0 amide bonds. The second-order valence-corrected chi connectivity index (χ2v) is 5.90. The van der Waals surface area contributed by atoms with Crippen LogP contribution in [0.2, 0.25) is 0 Å². The van der Waals surface area contributed by atoms with Crippen LogP contribution in [0.4, 0.5) is 0 Å². The molecule has 2 bridgehead atoms. The highest BCUT2D eigenvalue weighted by Gasteiger charge is 2.47. The summed E-state index contributed by atoms with van der Waals surface area (Å²) in [5, 5.41) is 7.03. The molecule has 2 aromatic heterocycles. The average Bonchev–Trinajstić information content (AvgIpc) is 2.57. The predicted octanol–water partition coefficient (Wildman–Crippen LogP) is 1.27. The van der Waals surface area contributed by atoms with E-state index in [1.165, 1.54) is 0 Å². The molecule has 4 atom stereocenters. The van der Waals surface area contributed by atoms with Gasteiger partial charge in [0.25, 0.3) is 0 Å². The highest BCUT2D eigenvalue weighted by Crippen LogP contribution is 2.38. The summed E-state index contributed by atoms with van der Waals surface area (Å²) in [6.45, 7) is 1.41. The van der Waals surface area contributed by atoms with Crippen molar-refractivity contribution in [1.29, 1.82) is 0 Å². The summed E-state index contributed by atoms with van der Waals surface area (Å²) < 4.78 is 0. The van der Waals surface area contributed by atoms with Crippen LogP contribution in [0, 0.1) is 11.8 Å². The van der Waals surface area contributed by atoms with Crippen LogP contribution >= 0.6 is 0 Å². The van der Waals surface area contributed by atoms with Crippen molar-refractivity contribution in [2.45, 2.75) is 12.1 Å². The summed E-state index contributed by atoms with van der Waals surface area (Å²) in [4.78, 5) is 21.7. The summed E-state index contributed by atoms with van der Waals surface area (Å²) in [5.41, 5.74) is 1.84. The second kappa shape index (κ2) is 5.59. The fourth-order valence-electron chi connectivity index (χ4n) is 3.56. The van der Waals surface area contributed by atoms with Crippen molar-refractivity contribution in [3.63, 3.8) is 0 Å². The lowest BCUT2D eigenvalue weighted by atomic mass is 9.74. The van der Waals surface area contributed by atoms with Crippen molar-refractivity contribution in [3.8, 4) is 0 Å². The van der Waals surface area contributed by atoms with E-state index in [4.69, 9.17) is 0 Å². The Bertz CT molecular complexity index is 605. The van der Waals surface area contributed by atoms with Gasteiger partial charge in [-0.05, 0) is 24.3 Å². The lowest BCUT2D eigenvalue weighted by Crippen LogP contribution is -2.58. The van der Waals surface area contributed by atoms with E-state index in [0.29, 0.717) is 18.9 Å². The van der Waals surface area contributed by atoms with Crippen LogP contribution in [-0.2, 0) is 4.79 Å². The molecule has 5 heteroatoms. The first-order valence-electron chi connectivity index (χ1n) is 7.67. The topological polar surface area (TPSA) is 66.9 Å². The number of aromatic nitrogens is 2. The number of pyridine rings is 2. The fourth-order valence-corrected chi connectivity index (χ4v) is 3.56. The number of hydrogen-bond donors (Lipinski definition) is 2. The van der Waals surface area contributed by atoms with Crippen LogP contribution in [0.1, 0.15) is 23.5 Å². The Labute approximate surface area is 129 Å². The van der Waals surface area contributed by atoms with Crippen molar-refractivity contribution in [1.82, 2.24) is 20.6 Å². The maximum atomic E-state index is 12.8. The van der Waals surface area contributed by atoms with E-state index >= 15 is 0 Å². The van der Waals surface area contributed by atoms with Crippen LogP contribution in [0.15, 0.2) is 48.8 Å². The zero-order chi connectivity index (χ0) is 14.9. The molecule has 0 saturated carbocycles. The normalized spacial score (nSPS) is 31.0. The summed E-state index contributed by atoms with van der Waals surface area (Å²) in [5.74, 6) is 0.200. The molecular formula is C17H18N4O. The Morgan fingerprint density at radius 2 is 1.41 bits per heavy atom. The predicted molar refractivity (Wildman–Crippen MR) is 81.9 cm³/mol. The van der Waals surface area contributed by atoms with Gasteiger partial charge in [0.2, 0.25) is 0 Å². The number of nitrogens with one attached hydrogen (secondary N) is 2. The highest BCUT2D eigenvalue weighted by atomic mass is 16.1. The molecule has 0 aromatic carbocycles. The minimum atomic E-state index is -0.0650. The molecule has 22 heavy (non-hydrogen) atoms. The molecule has 4 rings (SSSR count). The van der Waals surface area contributed by atoms with Gasteiger partial charge in [0.1, 0.15) is 5.78 Å². The molecule has 2 aliphatic heterocycles. The van der Waals surface area contributed by atoms with Gasteiger partial charge in [-0.2, -0.15) is 0 Å².